The van der Waals surface area contributed by atoms with Gasteiger partial charge in [-0.15, -0.1) is 11.3 Å². The van der Waals surface area contributed by atoms with E-state index in [0.717, 1.165) is 10.9 Å². The summed E-state index contributed by atoms with van der Waals surface area (Å²) in [6.07, 6.45) is 1.71. The van der Waals surface area contributed by atoms with E-state index in [4.69, 9.17) is 9.15 Å². The van der Waals surface area contributed by atoms with Crippen LogP contribution in [0, 0.1) is 0 Å². The fraction of sp³-hybridized carbons (Fsp3) is 0.0500. The second-order valence-corrected chi connectivity index (χ2v) is 6.53. The molecule has 7 heteroatoms. The van der Waals surface area contributed by atoms with Gasteiger partial charge in [-0.2, -0.15) is 5.10 Å². The maximum Gasteiger partial charge on any atom is 0.345 e. The van der Waals surface area contributed by atoms with Crippen molar-refractivity contribution in [1.82, 2.24) is 4.98 Å². The van der Waals surface area contributed by atoms with Gasteiger partial charge in [0.2, 0.25) is 5.13 Å². The molecule has 4 rings (SSSR count). The van der Waals surface area contributed by atoms with E-state index < -0.39 is 5.63 Å². The Bertz CT molecular complexity index is 1170. The highest BCUT2D eigenvalue weighted by Gasteiger charge is 2.12. The number of rotatable bonds is 5. The lowest BCUT2D eigenvalue weighted by atomic mass is 10.1. The Morgan fingerprint density at radius 2 is 2.04 bits per heavy atom. The number of anilines is 1. The van der Waals surface area contributed by atoms with Crippen LogP contribution in [-0.4, -0.2) is 18.3 Å². The zero-order chi connectivity index (χ0) is 18.6. The molecule has 1 N–H and O–H groups in total. The second kappa shape index (κ2) is 7.43. The van der Waals surface area contributed by atoms with E-state index in [1.807, 2.05) is 36.4 Å². The van der Waals surface area contributed by atoms with E-state index in [0.29, 0.717) is 27.7 Å². The van der Waals surface area contributed by atoms with Crippen molar-refractivity contribution in [2.24, 2.45) is 5.10 Å². The zero-order valence-electron chi connectivity index (χ0n) is 14.4. The summed E-state index contributed by atoms with van der Waals surface area (Å²) in [7, 11) is 1.59. The molecule has 6 nitrogen and oxygen atoms in total. The topological polar surface area (TPSA) is 76.7 Å². The smallest absolute Gasteiger partial charge is 0.345 e. The van der Waals surface area contributed by atoms with Gasteiger partial charge in [0, 0.05) is 10.8 Å². The first-order chi connectivity index (χ1) is 13.2. The minimum absolute atomic E-state index is 0.395. The third-order valence-electron chi connectivity index (χ3n) is 3.89. The van der Waals surface area contributed by atoms with E-state index in [1.54, 1.807) is 36.9 Å². The summed E-state index contributed by atoms with van der Waals surface area (Å²) in [6.45, 7) is 0. The number of nitrogens with zero attached hydrogens (tertiary/aromatic N) is 2. The van der Waals surface area contributed by atoms with Crippen molar-refractivity contribution in [2.75, 3.05) is 12.5 Å². The molecule has 0 fully saturated rings. The van der Waals surface area contributed by atoms with Crippen LogP contribution < -0.4 is 15.8 Å². The number of nitrogens with one attached hydrogen (secondary N) is 1. The molecule has 0 atom stereocenters. The average molecular weight is 377 g/mol. The first-order valence-corrected chi connectivity index (χ1v) is 9.03. The van der Waals surface area contributed by atoms with Crippen molar-refractivity contribution in [3.63, 3.8) is 0 Å². The van der Waals surface area contributed by atoms with Gasteiger partial charge in [0.1, 0.15) is 11.3 Å². The van der Waals surface area contributed by atoms with Gasteiger partial charge in [-0.3, -0.25) is 5.43 Å². The van der Waals surface area contributed by atoms with Crippen molar-refractivity contribution in [3.05, 3.63) is 76.0 Å². The van der Waals surface area contributed by atoms with E-state index in [9.17, 15) is 4.79 Å². The molecule has 0 aliphatic rings. The van der Waals surface area contributed by atoms with Crippen LogP contribution in [0.2, 0.25) is 0 Å². The molecule has 0 saturated carbocycles. The molecule has 2 heterocycles. The number of thiazole rings is 1. The first-order valence-electron chi connectivity index (χ1n) is 8.15. The monoisotopic (exact) mass is 377 g/mol. The van der Waals surface area contributed by atoms with Gasteiger partial charge >= 0.3 is 5.63 Å². The highest BCUT2D eigenvalue weighted by molar-refractivity contribution is 7.14. The Morgan fingerprint density at radius 1 is 1.19 bits per heavy atom. The first kappa shape index (κ1) is 17.0. The Kier molecular flexibility index (Phi) is 4.67. The lowest BCUT2D eigenvalue weighted by Crippen LogP contribution is -2.03. The summed E-state index contributed by atoms with van der Waals surface area (Å²) in [5.41, 5.74) is 4.87. The minimum Gasteiger partial charge on any atom is -0.497 e. The van der Waals surface area contributed by atoms with Crippen LogP contribution in [0.15, 0.2) is 74.3 Å². The lowest BCUT2D eigenvalue weighted by molar-refractivity contribution is 0.415. The molecule has 27 heavy (non-hydrogen) atoms. The predicted molar refractivity (Wildman–Crippen MR) is 108 cm³/mol. The van der Waals surface area contributed by atoms with E-state index in [2.05, 4.69) is 15.5 Å². The van der Waals surface area contributed by atoms with Crippen molar-refractivity contribution in [2.45, 2.75) is 0 Å². The molecule has 4 aromatic rings. The van der Waals surface area contributed by atoms with Gasteiger partial charge in [-0.25, -0.2) is 9.78 Å². The third kappa shape index (κ3) is 3.73. The van der Waals surface area contributed by atoms with Gasteiger partial charge < -0.3 is 9.15 Å². The zero-order valence-corrected chi connectivity index (χ0v) is 15.2. The highest BCUT2D eigenvalue weighted by Crippen LogP contribution is 2.27. The number of hydrazone groups is 1. The van der Waals surface area contributed by atoms with Crippen molar-refractivity contribution in [1.29, 1.82) is 0 Å². The highest BCUT2D eigenvalue weighted by atomic mass is 32.1. The Labute approximate surface area is 158 Å². The standard InChI is InChI=1S/C20H15N3O3S/c1-25-15-7-8-18-14(9-15)10-16(19(24)26-18)17-12-27-20(22-17)23-21-11-13-5-3-2-4-6-13/h2-12H,1H3,(H,22,23). The summed E-state index contributed by atoms with van der Waals surface area (Å²) in [4.78, 5) is 16.7. The van der Waals surface area contributed by atoms with Gasteiger partial charge in [-0.1, -0.05) is 30.3 Å². The maximum atomic E-state index is 12.3. The number of ether oxygens (including phenoxy) is 1. The van der Waals surface area contributed by atoms with Crippen LogP contribution in [0.5, 0.6) is 5.75 Å². The van der Waals surface area contributed by atoms with E-state index in [1.165, 1.54) is 11.3 Å². The van der Waals surface area contributed by atoms with Gasteiger partial charge in [0.25, 0.3) is 0 Å². The number of hydrogen-bond donors (Lipinski definition) is 1. The number of fused-ring (bicyclic) bond motifs is 1. The van der Waals surface area contributed by atoms with Crippen molar-refractivity contribution < 1.29 is 9.15 Å². The third-order valence-corrected chi connectivity index (χ3v) is 4.64. The van der Waals surface area contributed by atoms with Gasteiger partial charge in [0.15, 0.2) is 0 Å². The van der Waals surface area contributed by atoms with E-state index in [-0.39, 0.29) is 0 Å². The molecule has 0 aliphatic heterocycles. The molecule has 134 valence electrons. The molecular weight excluding hydrogens is 362 g/mol. The van der Waals surface area contributed by atoms with Gasteiger partial charge in [-0.05, 0) is 29.8 Å². The lowest BCUT2D eigenvalue weighted by Gasteiger charge is -2.03. The number of methoxy groups -OCH3 is 1. The summed E-state index contributed by atoms with van der Waals surface area (Å²) in [6, 6.07) is 16.8. The van der Waals surface area contributed by atoms with E-state index >= 15 is 0 Å². The average Bonchev–Trinajstić information content (AvgIpc) is 3.16. The van der Waals surface area contributed by atoms with Crippen LogP contribution in [-0.2, 0) is 0 Å². The van der Waals surface area contributed by atoms with Crippen molar-refractivity contribution in [3.8, 4) is 17.0 Å². The Hall–Kier alpha value is -3.45. The summed E-state index contributed by atoms with van der Waals surface area (Å²) >= 11 is 1.36. The fourth-order valence-corrected chi connectivity index (χ4v) is 3.22. The second-order valence-electron chi connectivity index (χ2n) is 5.67. The molecule has 0 radical (unpaired) electrons. The molecule has 0 amide bonds. The fourth-order valence-electron chi connectivity index (χ4n) is 2.56. The number of benzene rings is 2. The van der Waals surface area contributed by atoms with Crippen LogP contribution >= 0.6 is 11.3 Å². The molecule has 0 spiro atoms. The number of hydrogen-bond acceptors (Lipinski definition) is 7. The Balaban J connectivity index is 1.60. The minimum atomic E-state index is -0.433. The van der Waals surface area contributed by atoms with Crippen molar-refractivity contribution >= 4 is 33.7 Å². The number of aromatic nitrogens is 1. The molecule has 0 unspecified atom stereocenters. The molecule has 0 saturated heterocycles. The van der Waals surface area contributed by atoms with Crippen LogP contribution in [0.1, 0.15) is 5.56 Å². The maximum absolute atomic E-state index is 12.3. The molecular formula is C20H15N3O3S. The van der Waals surface area contributed by atoms with Crippen LogP contribution in [0.3, 0.4) is 0 Å². The molecule has 0 bridgehead atoms. The summed E-state index contributed by atoms with van der Waals surface area (Å²) in [5, 5.41) is 7.32. The van der Waals surface area contributed by atoms with Gasteiger partial charge in [0.05, 0.1) is 24.6 Å². The largest absolute Gasteiger partial charge is 0.497 e. The SMILES string of the molecule is COc1ccc2oc(=O)c(-c3csc(NN=Cc4ccccc4)n3)cc2c1. The summed E-state index contributed by atoms with van der Waals surface area (Å²) < 4.78 is 10.6. The predicted octanol–water partition coefficient (Wildman–Crippen LogP) is 4.37. The molecule has 2 aromatic heterocycles. The van der Waals surface area contributed by atoms with Crippen LogP contribution in [0.4, 0.5) is 5.13 Å². The normalized spacial score (nSPS) is 11.1. The van der Waals surface area contributed by atoms with Crippen LogP contribution in [0.25, 0.3) is 22.2 Å². The quantitative estimate of drug-likeness (QED) is 0.317. The molecule has 0 aliphatic carbocycles. The molecule has 2 aromatic carbocycles. The Morgan fingerprint density at radius 3 is 2.85 bits per heavy atom. The summed E-state index contributed by atoms with van der Waals surface area (Å²) in [5.74, 6) is 0.693.